The average molecular weight is 335 g/mol. The van der Waals surface area contributed by atoms with Crippen LogP contribution in [0.4, 0.5) is 5.69 Å². The summed E-state index contributed by atoms with van der Waals surface area (Å²) in [6, 6.07) is 14.8. The van der Waals surface area contributed by atoms with Crippen LogP contribution in [-0.2, 0) is 17.8 Å². The number of nitrogens with one attached hydrogen (secondary N) is 1. The minimum Gasteiger partial charge on any atom is -0.316 e. The number of amides is 1. The minimum absolute atomic E-state index is 0.0221. The van der Waals surface area contributed by atoms with Crippen LogP contribution in [0.15, 0.2) is 58.1 Å². The van der Waals surface area contributed by atoms with Crippen molar-refractivity contribution in [3.05, 3.63) is 74.8 Å². The SMILES string of the molecule is CC1Cc2ccccc2N1C(=O)Cn1c(=O)c(=O)[nH]c2ccccc21. The van der Waals surface area contributed by atoms with E-state index in [-0.39, 0.29) is 18.5 Å². The summed E-state index contributed by atoms with van der Waals surface area (Å²) in [4.78, 5) is 41.4. The van der Waals surface area contributed by atoms with Crippen LogP contribution in [0.1, 0.15) is 12.5 Å². The van der Waals surface area contributed by atoms with Gasteiger partial charge in [0.05, 0.1) is 11.0 Å². The highest BCUT2D eigenvalue weighted by Gasteiger charge is 2.30. The number of aromatic amines is 1. The van der Waals surface area contributed by atoms with Crippen molar-refractivity contribution in [3.8, 4) is 0 Å². The maximum absolute atomic E-state index is 12.9. The fourth-order valence-corrected chi connectivity index (χ4v) is 3.54. The third-order valence-electron chi connectivity index (χ3n) is 4.65. The molecule has 0 fully saturated rings. The van der Waals surface area contributed by atoms with E-state index in [4.69, 9.17) is 0 Å². The number of hydrogen-bond donors (Lipinski definition) is 1. The average Bonchev–Trinajstić information content (AvgIpc) is 2.94. The summed E-state index contributed by atoms with van der Waals surface area (Å²) >= 11 is 0. The third kappa shape index (κ3) is 2.46. The molecular formula is C19H17N3O3. The lowest BCUT2D eigenvalue weighted by atomic mass is 10.1. The topological polar surface area (TPSA) is 75.2 Å². The number of hydrogen-bond acceptors (Lipinski definition) is 3. The van der Waals surface area contributed by atoms with Gasteiger partial charge in [-0.15, -0.1) is 0 Å². The maximum atomic E-state index is 12.9. The molecule has 1 aliphatic rings. The molecule has 0 radical (unpaired) electrons. The van der Waals surface area contributed by atoms with Gasteiger partial charge in [0.2, 0.25) is 5.91 Å². The molecular weight excluding hydrogens is 318 g/mol. The molecule has 2 heterocycles. The van der Waals surface area contributed by atoms with Crippen molar-refractivity contribution < 1.29 is 4.79 Å². The van der Waals surface area contributed by atoms with E-state index in [1.54, 1.807) is 29.2 Å². The van der Waals surface area contributed by atoms with Crippen molar-refractivity contribution in [3.63, 3.8) is 0 Å². The van der Waals surface area contributed by atoms with Gasteiger partial charge in [0.25, 0.3) is 0 Å². The molecule has 4 rings (SSSR count). The predicted octanol–water partition coefficient (Wildman–Crippen LogP) is 1.67. The van der Waals surface area contributed by atoms with Crippen LogP contribution in [0.5, 0.6) is 0 Å². The normalized spacial score (nSPS) is 16.2. The van der Waals surface area contributed by atoms with Crippen LogP contribution < -0.4 is 16.0 Å². The number of aromatic nitrogens is 2. The zero-order chi connectivity index (χ0) is 17.6. The van der Waals surface area contributed by atoms with E-state index in [1.807, 2.05) is 31.2 Å². The van der Waals surface area contributed by atoms with E-state index >= 15 is 0 Å². The molecule has 6 nitrogen and oxygen atoms in total. The number of para-hydroxylation sites is 3. The van der Waals surface area contributed by atoms with E-state index in [1.165, 1.54) is 4.57 Å². The standard InChI is InChI=1S/C19H17N3O3/c1-12-10-13-6-2-4-8-15(13)22(12)17(23)11-21-16-9-5-3-7-14(16)20-18(24)19(21)25/h2-9,12H,10-11H2,1H3,(H,20,24). The fourth-order valence-electron chi connectivity index (χ4n) is 3.54. The molecule has 126 valence electrons. The Labute approximate surface area is 143 Å². The molecule has 0 bridgehead atoms. The molecule has 0 spiro atoms. The van der Waals surface area contributed by atoms with Crippen LogP contribution >= 0.6 is 0 Å². The highest BCUT2D eigenvalue weighted by Crippen LogP contribution is 2.32. The second kappa shape index (κ2) is 5.73. The van der Waals surface area contributed by atoms with Gasteiger partial charge in [-0.05, 0) is 37.1 Å². The number of benzene rings is 2. The Balaban J connectivity index is 1.78. The zero-order valence-electron chi connectivity index (χ0n) is 13.7. The quantitative estimate of drug-likeness (QED) is 0.724. The molecule has 1 aliphatic heterocycles. The molecule has 1 N–H and O–H groups in total. The van der Waals surface area contributed by atoms with Gasteiger partial charge in [0.1, 0.15) is 6.54 Å². The Morgan fingerprint density at radius 1 is 1.12 bits per heavy atom. The molecule has 3 aromatic rings. The van der Waals surface area contributed by atoms with E-state index in [2.05, 4.69) is 4.98 Å². The number of anilines is 1. The lowest BCUT2D eigenvalue weighted by Crippen LogP contribution is -2.43. The van der Waals surface area contributed by atoms with E-state index in [9.17, 15) is 14.4 Å². The summed E-state index contributed by atoms with van der Waals surface area (Å²) in [5.41, 5.74) is 1.64. The van der Waals surface area contributed by atoms with Gasteiger partial charge in [-0.2, -0.15) is 0 Å². The molecule has 1 aromatic heterocycles. The first-order valence-electron chi connectivity index (χ1n) is 8.18. The Morgan fingerprint density at radius 3 is 2.68 bits per heavy atom. The summed E-state index contributed by atoms with van der Waals surface area (Å²) < 4.78 is 1.25. The molecule has 1 atom stereocenters. The summed E-state index contributed by atoms with van der Waals surface area (Å²) in [6.07, 6.45) is 0.785. The van der Waals surface area contributed by atoms with Gasteiger partial charge in [-0.1, -0.05) is 30.3 Å². The first-order chi connectivity index (χ1) is 12.1. The molecule has 25 heavy (non-hydrogen) atoms. The number of H-pyrrole nitrogens is 1. The lowest BCUT2D eigenvalue weighted by Gasteiger charge is -2.23. The predicted molar refractivity (Wildman–Crippen MR) is 95.9 cm³/mol. The zero-order valence-corrected chi connectivity index (χ0v) is 13.7. The van der Waals surface area contributed by atoms with E-state index in [0.29, 0.717) is 11.0 Å². The van der Waals surface area contributed by atoms with Gasteiger partial charge in [-0.25, -0.2) is 0 Å². The largest absolute Gasteiger partial charge is 0.317 e. The number of nitrogens with zero attached hydrogens (tertiary/aromatic N) is 2. The molecule has 2 aromatic carbocycles. The minimum atomic E-state index is -0.721. The summed E-state index contributed by atoms with van der Waals surface area (Å²) in [6.45, 7) is 1.82. The molecule has 1 unspecified atom stereocenters. The Kier molecular flexibility index (Phi) is 3.53. The van der Waals surface area contributed by atoms with E-state index in [0.717, 1.165) is 17.7 Å². The van der Waals surface area contributed by atoms with Crippen molar-refractivity contribution in [1.82, 2.24) is 9.55 Å². The Bertz CT molecular complexity index is 1100. The smallest absolute Gasteiger partial charge is 0.316 e. The summed E-state index contributed by atoms with van der Waals surface area (Å²) in [5.74, 6) is -0.199. The highest BCUT2D eigenvalue weighted by molar-refractivity contribution is 5.96. The monoisotopic (exact) mass is 335 g/mol. The lowest BCUT2D eigenvalue weighted by molar-refractivity contribution is -0.119. The first-order valence-corrected chi connectivity index (χ1v) is 8.18. The van der Waals surface area contributed by atoms with E-state index < -0.39 is 11.1 Å². The van der Waals surface area contributed by atoms with Gasteiger partial charge in [0, 0.05) is 11.7 Å². The van der Waals surface area contributed by atoms with Gasteiger partial charge in [-0.3, -0.25) is 19.0 Å². The molecule has 1 amide bonds. The molecule has 0 saturated carbocycles. The van der Waals surface area contributed by atoms with Crippen LogP contribution in [-0.4, -0.2) is 21.5 Å². The van der Waals surface area contributed by atoms with Gasteiger partial charge < -0.3 is 9.88 Å². The first kappa shape index (κ1) is 15.4. The van der Waals surface area contributed by atoms with Crippen LogP contribution in [0.25, 0.3) is 11.0 Å². The maximum Gasteiger partial charge on any atom is 0.317 e. The van der Waals surface area contributed by atoms with Crippen molar-refractivity contribution in [2.45, 2.75) is 25.9 Å². The number of carbonyl (C=O) groups is 1. The molecule has 6 heteroatoms. The fraction of sp³-hybridized carbons (Fsp3) is 0.211. The number of rotatable bonds is 2. The summed E-state index contributed by atoms with van der Waals surface area (Å²) in [5, 5.41) is 0. The van der Waals surface area contributed by atoms with Gasteiger partial charge >= 0.3 is 11.1 Å². The molecule has 0 aliphatic carbocycles. The van der Waals surface area contributed by atoms with Crippen molar-refractivity contribution in [2.75, 3.05) is 4.90 Å². The third-order valence-corrected chi connectivity index (χ3v) is 4.65. The Hall–Kier alpha value is -3.15. The van der Waals surface area contributed by atoms with Crippen molar-refractivity contribution in [1.29, 1.82) is 0 Å². The van der Waals surface area contributed by atoms with Crippen molar-refractivity contribution >= 4 is 22.6 Å². The van der Waals surface area contributed by atoms with Gasteiger partial charge in [0.15, 0.2) is 0 Å². The highest BCUT2D eigenvalue weighted by atomic mass is 16.2. The van der Waals surface area contributed by atoms with Crippen LogP contribution in [0, 0.1) is 0 Å². The van der Waals surface area contributed by atoms with Crippen LogP contribution in [0.3, 0.4) is 0 Å². The second-order valence-electron chi connectivity index (χ2n) is 6.31. The second-order valence-corrected chi connectivity index (χ2v) is 6.31. The Morgan fingerprint density at radius 2 is 1.84 bits per heavy atom. The number of carbonyl (C=O) groups excluding carboxylic acids is 1. The number of fused-ring (bicyclic) bond motifs is 2. The molecule has 0 saturated heterocycles. The summed E-state index contributed by atoms with van der Waals surface area (Å²) in [7, 11) is 0. The van der Waals surface area contributed by atoms with Crippen molar-refractivity contribution in [2.24, 2.45) is 0 Å². The van der Waals surface area contributed by atoms with Crippen LogP contribution in [0.2, 0.25) is 0 Å².